The van der Waals surface area contributed by atoms with E-state index >= 15 is 0 Å². The van der Waals surface area contributed by atoms with Gasteiger partial charge in [-0.3, -0.25) is 9.59 Å². The highest BCUT2D eigenvalue weighted by atomic mass is 16.2. The molecule has 4 heteroatoms. The molecule has 0 bridgehead atoms. The number of nitrogens with zero attached hydrogens (tertiary/aromatic N) is 1. The molecule has 0 aromatic carbocycles. The second kappa shape index (κ2) is 5.62. The summed E-state index contributed by atoms with van der Waals surface area (Å²) >= 11 is 0. The molecule has 14 heavy (non-hydrogen) atoms. The molecule has 0 radical (unpaired) electrons. The SMILES string of the molecule is CCNC(=O)C(=O)N1CCCCCC1. The normalized spacial score (nSPS) is 17.4. The lowest BCUT2D eigenvalue weighted by Gasteiger charge is -2.18. The zero-order chi connectivity index (χ0) is 10.4. The third-order valence-corrected chi connectivity index (χ3v) is 2.42. The fraction of sp³-hybridized carbons (Fsp3) is 0.800. The number of carbonyl (C=O) groups excluding carboxylic acids is 2. The maximum Gasteiger partial charge on any atom is 0.311 e. The molecule has 1 rings (SSSR count). The molecule has 1 aliphatic rings. The number of likely N-dealkylation sites (tertiary alicyclic amines) is 1. The molecule has 80 valence electrons. The first-order valence-electron chi connectivity index (χ1n) is 5.32. The van der Waals surface area contributed by atoms with Gasteiger partial charge in [-0.1, -0.05) is 12.8 Å². The average Bonchev–Trinajstić information content (AvgIpc) is 2.45. The lowest BCUT2D eigenvalue weighted by Crippen LogP contribution is -2.43. The fourth-order valence-electron chi connectivity index (χ4n) is 1.65. The molecule has 0 saturated carbocycles. The molecular weight excluding hydrogens is 180 g/mol. The molecule has 0 aliphatic carbocycles. The van der Waals surface area contributed by atoms with Gasteiger partial charge in [-0.25, -0.2) is 0 Å². The summed E-state index contributed by atoms with van der Waals surface area (Å²) in [6.07, 6.45) is 4.37. The van der Waals surface area contributed by atoms with Gasteiger partial charge < -0.3 is 10.2 Å². The molecule has 1 saturated heterocycles. The van der Waals surface area contributed by atoms with E-state index in [0.717, 1.165) is 25.9 Å². The van der Waals surface area contributed by atoms with Crippen LogP contribution in [-0.2, 0) is 9.59 Å². The summed E-state index contributed by atoms with van der Waals surface area (Å²) in [5, 5.41) is 2.53. The van der Waals surface area contributed by atoms with Crippen molar-refractivity contribution in [1.82, 2.24) is 10.2 Å². The summed E-state index contributed by atoms with van der Waals surface area (Å²) in [6.45, 7) is 3.79. The minimum absolute atomic E-state index is 0.367. The Morgan fingerprint density at radius 1 is 1.14 bits per heavy atom. The monoisotopic (exact) mass is 198 g/mol. The van der Waals surface area contributed by atoms with Gasteiger partial charge in [0.1, 0.15) is 0 Å². The zero-order valence-corrected chi connectivity index (χ0v) is 8.71. The van der Waals surface area contributed by atoms with Gasteiger partial charge in [0, 0.05) is 19.6 Å². The van der Waals surface area contributed by atoms with E-state index in [9.17, 15) is 9.59 Å². The molecular formula is C10H18N2O2. The average molecular weight is 198 g/mol. The first kappa shape index (κ1) is 11.0. The van der Waals surface area contributed by atoms with Crippen LogP contribution in [0, 0.1) is 0 Å². The van der Waals surface area contributed by atoms with Gasteiger partial charge in [-0.2, -0.15) is 0 Å². The molecule has 1 fully saturated rings. The molecule has 0 aromatic heterocycles. The summed E-state index contributed by atoms with van der Waals surface area (Å²) in [4.78, 5) is 24.5. The van der Waals surface area contributed by atoms with Gasteiger partial charge in [0.15, 0.2) is 0 Å². The number of amides is 2. The second-order valence-corrected chi connectivity index (χ2v) is 3.57. The van der Waals surface area contributed by atoms with Crippen LogP contribution in [0.25, 0.3) is 0 Å². The predicted octanol–water partition coefficient (Wildman–Crippen LogP) is 0.525. The Morgan fingerprint density at radius 2 is 1.71 bits per heavy atom. The minimum Gasteiger partial charge on any atom is -0.348 e. The van der Waals surface area contributed by atoms with Crippen molar-refractivity contribution in [2.75, 3.05) is 19.6 Å². The van der Waals surface area contributed by atoms with Gasteiger partial charge >= 0.3 is 11.8 Å². The molecule has 1 aliphatic heterocycles. The first-order chi connectivity index (χ1) is 6.75. The number of likely N-dealkylation sites (N-methyl/N-ethyl adjacent to an activating group) is 1. The van der Waals surface area contributed by atoms with Gasteiger partial charge in [0.25, 0.3) is 0 Å². The van der Waals surface area contributed by atoms with Gasteiger partial charge in [0.05, 0.1) is 0 Å². The Bertz CT molecular complexity index is 208. The van der Waals surface area contributed by atoms with Crippen LogP contribution in [0.5, 0.6) is 0 Å². The summed E-state index contributed by atoms with van der Waals surface area (Å²) in [5.74, 6) is -0.830. The van der Waals surface area contributed by atoms with Crippen molar-refractivity contribution in [3.05, 3.63) is 0 Å². The lowest BCUT2D eigenvalue weighted by molar-refractivity contribution is -0.145. The van der Waals surface area contributed by atoms with E-state index in [1.807, 2.05) is 6.92 Å². The third-order valence-electron chi connectivity index (χ3n) is 2.42. The largest absolute Gasteiger partial charge is 0.348 e. The maximum absolute atomic E-state index is 11.6. The number of carbonyl (C=O) groups is 2. The molecule has 0 aromatic rings. The molecule has 0 spiro atoms. The van der Waals surface area contributed by atoms with E-state index in [2.05, 4.69) is 5.32 Å². The number of hydrogen-bond acceptors (Lipinski definition) is 2. The highest BCUT2D eigenvalue weighted by molar-refractivity contribution is 6.34. The Labute approximate surface area is 84.7 Å². The van der Waals surface area contributed by atoms with Gasteiger partial charge in [-0.15, -0.1) is 0 Å². The molecule has 4 nitrogen and oxygen atoms in total. The number of rotatable bonds is 1. The summed E-state index contributed by atoms with van der Waals surface area (Å²) in [5.41, 5.74) is 0. The van der Waals surface area contributed by atoms with Crippen molar-refractivity contribution >= 4 is 11.8 Å². The topological polar surface area (TPSA) is 49.4 Å². The standard InChI is InChI=1S/C10H18N2O2/c1-2-11-9(13)10(14)12-7-5-3-4-6-8-12/h2-8H2,1H3,(H,11,13). The van der Waals surface area contributed by atoms with Crippen LogP contribution < -0.4 is 5.32 Å². The molecule has 1 N–H and O–H groups in total. The highest BCUT2D eigenvalue weighted by Gasteiger charge is 2.21. The first-order valence-corrected chi connectivity index (χ1v) is 5.32. The Kier molecular flexibility index (Phi) is 4.43. The van der Waals surface area contributed by atoms with Crippen molar-refractivity contribution in [2.45, 2.75) is 32.6 Å². The van der Waals surface area contributed by atoms with Crippen LogP contribution in [-0.4, -0.2) is 36.3 Å². The quantitative estimate of drug-likeness (QED) is 0.625. The van der Waals surface area contributed by atoms with Crippen molar-refractivity contribution in [1.29, 1.82) is 0 Å². The summed E-state index contributed by atoms with van der Waals surface area (Å²) in [6, 6.07) is 0. The Morgan fingerprint density at radius 3 is 2.21 bits per heavy atom. The number of nitrogens with one attached hydrogen (secondary N) is 1. The highest BCUT2D eigenvalue weighted by Crippen LogP contribution is 2.09. The maximum atomic E-state index is 11.6. The van der Waals surface area contributed by atoms with Crippen LogP contribution in [0.2, 0.25) is 0 Å². The van der Waals surface area contributed by atoms with E-state index < -0.39 is 5.91 Å². The van der Waals surface area contributed by atoms with Gasteiger partial charge in [0.2, 0.25) is 0 Å². The second-order valence-electron chi connectivity index (χ2n) is 3.57. The van der Waals surface area contributed by atoms with Crippen LogP contribution in [0.4, 0.5) is 0 Å². The van der Waals surface area contributed by atoms with Crippen LogP contribution in [0.3, 0.4) is 0 Å². The van der Waals surface area contributed by atoms with E-state index in [1.165, 1.54) is 12.8 Å². The summed E-state index contributed by atoms with van der Waals surface area (Å²) in [7, 11) is 0. The smallest absolute Gasteiger partial charge is 0.311 e. The molecule has 0 unspecified atom stereocenters. The fourth-order valence-corrected chi connectivity index (χ4v) is 1.65. The summed E-state index contributed by atoms with van der Waals surface area (Å²) < 4.78 is 0. The van der Waals surface area contributed by atoms with E-state index in [-0.39, 0.29) is 5.91 Å². The molecule has 1 heterocycles. The number of hydrogen-bond donors (Lipinski definition) is 1. The van der Waals surface area contributed by atoms with Crippen molar-refractivity contribution in [2.24, 2.45) is 0 Å². The Balaban J connectivity index is 2.45. The third kappa shape index (κ3) is 3.01. The molecule has 2 amide bonds. The zero-order valence-electron chi connectivity index (χ0n) is 8.71. The van der Waals surface area contributed by atoms with Crippen molar-refractivity contribution < 1.29 is 9.59 Å². The lowest BCUT2D eigenvalue weighted by atomic mass is 10.2. The van der Waals surface area contributed by atoms with E-state index in [4.69, 9.17) is 0 Å². The minimum atomic E-state index is -0.464. The van der Waals surface area contributed by atoms with Crippen LogP contribution in [0.15, 0.2) is 0 Å². The predicted molar refractivity (Wildman–Crippen MR) is 53.7 cm³/mol. The van der Waals surface area contributed by atoms with Gasteiger partial charge in [-0.05, 0) is 19.8 Å². The molecule has 0 atom stereocenters. The van der Waals surface area contributed by atoms with Crippen LogP contribution in [0.1, 0.15) is 32.6 Å². The van der Waals surface area contributed by atoms with E-state index in [0.29, 0.717) is 6.54 Å². The van der Waals surface area contributed by atoms with Crippen molar-refractivity contribution in [3.8, 4) is 0 Å². The van der Waals surface area contributed by atoms with E-state index in [1.54, 1.807) is 4.90 Å². The van der Waals surface area contributed by atoms with Crippen LogP contribution >= 0.6 is 0 Å². The van der Waals surface area contributed by atoms with Crippen molar-refractivity contribution in [3.63, 3.8) is 0 Å². The Hall–Kier alpha value is -1.06.